The lowest BCUT2D eigenvalue weighted by Crippen LogP contribution is -2.57. The Morgan fingerprint density at radius 2 is 1.73 bits per heavy atom. The van der Waals surface area contributed by atoms with Crippen LogP contribution in [0.4, 0.5) is 4.79 Å². The number of hydrogen-bond acceptors (Lipinski definition) is 6. The van der Waals surface area contributed by atoms with E-state index in [-0.39, 0.29) is 24.3 Å². The Kier molecular flexibility index (Phi) is 6.74. The molecule has 1 heterocycles. The number of Topliss-reactive ketones (excluding diaryl/α,β-unsaturated/α-hetero) is 1. The van der Waals surface area contributed by atoms with E-state index in [1.54, 1.807) is 43.5 Å². The van der Waals surface area contributed by atoms with E-state index in [1.807, 2.05) is 0 Å². The minimum absolute atomic E-state index is 0.173. The number of amides is 3. The minimum atomic E-state index is -0.543. The summed E-state index contributed by atoms with van der Waals surface area (Å²) in [6.45, 7) is -0.195. The van der Waals surface area contributed by atoms with Crippen LogP contribution in [0.3, 0.4) is 0 Å². The van der Waals surface area contributed by atoms with Crippen LogP contribution < -0.4 is 4.74 Å². The Morgan fingerprint density at radius 3 is 2.33 bits per heavy atom. The van der Waals surface area contributed by atoms with E-state index in [2.05, 4.69) is 0 Å². The molecule has 0 aromatic heterocycles. The molecule has 0 bridgehead atoms. The van der Waals surface area contributed by atoms with Gasteiger partial charge in [0.1, 0.15) is 34.9 Å². The molecular weight excluding hydrogens is 424 g/mol. The molecule has 1 saturated carbocycles. The van der Waals surface area contributed by atoms with Crippen molar-refractivity contribution < 1.29 is 33.2 Å². The van der Waals surface area contributed by atoms with E-state index in [1.165, 1.54) is 23.7 Å². The molecule has 0 saturated heterocycles. The van der Waals surface area contributed by atoms with Gasteiger partial charge >= 0.3 is 11.9 Å². The Bertz CT molecular complexity index is 1050. The molecule has 1 aliphatic heterocycles. The summed E-state index contributed by atoms with van der Waals surface area (Å²) in [5, 5.41) is 0. The van der Waals surface area contributed by atoms with Crippen molar-refractivity contribution in [3.05, 3.63) is 53.3 Å². The fourth-order valence-corrected chi connectivity index (χ4v) is 4.65. The number of carbonyl (C=O) groups is 3. The zero-order valence-corrected chi connectivity index (χ0v) is 19.2. The van der Waals surface area contributed by atoms with Gasteiger partial charge in [-0.25, -0.2) is 4.79 Å². The SMILES string of the molecule is COC1=CC2=[N+](CC(=O)c3ccc(OC)cc3)C(=O)N(C3CCCCC3)C(=O)C2=CC1OC. The third-order valence-electron chi connectivity index (χ3n) is 6.47. The first-order valence-electron chi connectivity index (χ1n) is 11.2. The summed E-state index contributed by atoms with van der Waals surface area (Å²) in [6.07, 6.45) is 7.33. The van der Waals surface area contributed by atoms with Crippen molar-refractivity contribution in [2.24, 2.45) is 0 Å². The molecule has 8 heteroatoms. The van der Waals surface area contributed by atoms with Crippen LogP contribution in [0.2, 0.25) is 0 Å². The van der Waals surface area contributed by atoms with Crippen molar-refractivity contribution in [3.8, 4) is 5.75 Å². The van der Waals surface area contributed by atoms with Gasteiger partial charge in [0, 0.05) is 18.7 Å². The van der Waals surface area contributed by atoms with Gasteiger partial charge in [0.25, 0.3) is 0 Å². The molecule has 1 atom stereocenters. The number of nitrogens with zero attached hydrogens (tertiary/aromatic N) is 2. The zero-order valence-electron chi connectivity index (χ0n) is 19.2. The molecule has 0 spiro atoms. The Labute approximate surface area is 193 Å². The molecular formula is C25H29N2O6+. The zero-order chi connectivity index (χ0) is 23.5. The number of hydrogen-bond donors (Lipinski definition) is 0. The van der Waals surface area contributed by atoms with Crippen molar-refractivity contribution in [1.29, 1.82) is 0 Å². The molecule has 33 heavy (non-hydrogen) atoms. The Balaban J connectivity index is 1.76. The van der Waals surface area contributed by atoms with Crippen LogP contribution in [-0.4, -0.2) is 72.9 Å². The molecule has 1 aromatic rings. The number of carbonyl (C=O) groups excluding carboxylic acids is 3. The first-order chi connectivity index (χ1) is 16.0. The molecule has 1 aromatic carbocycles. The fraction of sp³-hybridized carbons (Fsp3) is 0.440. The van der Waals surface area contributed by atoms with Crippen molar-refractivity contribution in [2.45, 2.75) is 44.2 Å². The molecule has 4 rings (SSSR count). The molecule has 3 amide bonds. The lowest BCUT2D eigenvalue weighted by molar-refractivity contribution is -0.423. The maximum Gasteiger partial charge on any atom is 0.502 e. The molecule has 0 radical (unpaired) electrons. The second-order valence-electron chi connectivity index (χ2n) is 8.36. The van der Waals surface area contributed by atoms with Gasteiger partial charge < -0.3 is 14.2 Å². The lowest BCUT2D eigenvalue weighted by Gasteiger charge is -2.32. The highest BCUT2D eigenvalue weighted by atomic mass is 16.5. The number of ketones is 1. The smallest absolute Gasteiger partial charge is 0.498 e. The number of ether oxygens (including phenoxy) is 3. The van der Waals surface area contributed by atoms with Crippen LogP contribution in [0.5, 0.6) is 5.75 Å². The normalized spacial score (nSPS) is 21.4. The van der Waals surface area contributed by atoms with Crippen molar-refractivity contribution in [2.75, 3.05) is 27.9 Å². The van der Waals surface area contributed by atoms with Crippen LogP contribution >= 0.6 is 0 Å². The van der Waals surface area contributed by atoms with Crippen LogP contribution in [0.1, 0.15) is 42.5 Å². The van der Waals surface area contributed by atoms with E-state index >= 15 is 0 Å². The first kappa shape index (κ1) is 22.9. The van der Waals surface area contributed by atoms with E-state index in [9.17, 15) is 14.4 Å². The number of benzene rings is 1. The number of imide groups is 1. The highest BCUT2D eigenvalue weighted by Gasteiger charge is 2.50. The van der Waals surface area contributed by atoms with Gasteiger partial charge in [-0.1, -0.05) is 6.42 Å². The van der Waals surface area contributed by atoms with Gasteiger partial charge in [0.05, 0.1) is 14.2 Å². The van der Waals surface area contributed by atoms with Gasteiger partial charge in [0.15, 0.2) is 6.54 Å². The highest BCUT2D eigenvalue weighted by molar-refractivity contribution is 6.29. The number of fused-ring (bicyclic) bond motifs is 1. The van der Waals surface area contributed by atoms with E-state index in [0.717, 1.165) is 32.1 Å². The number of urea groups is 1. The number of allylic oxidation sites excluding steroid dienone is 1. The van der Waals surface area contributed by atoms with Crippen molar-refractivity contribution in [1.82, 2.24) is 4.90 Å². The third kappa shape index (κ3) is 4.35. The second kappa shape index (κ2) is 9.70. The predicted octanol–water partition coefficient (Wildman–Crippen LogP) is 3.11. The van der Waals surface area contributed by atoms with Gasteiger partial charge in [0.2, 0.25) is 5.78 Å². The monoisotopic (exact) mass is 453 g/mol. The van der Waals surface area contributed by atoms with E-state index in [4.69, 9.17) is 14.2 Å². The highest BCUT2D eigenvalue weighted by Crippen LogP contribution is 2.30. The maximum atomic E-state index is 13.6. The van der Waals surface area contributed by atoms with Crippen LogP contribution in [-0.2, 0) is 14.3 Å². The summed E-state index contributed by atoms with van der Waals surface area (Å²) in [7, 11) is 4.59. The average Bonchev–Trinajstić information content (AvgIpc) is 2.86. The topological polar surface area (TPSA) is 85.2 Å². The summed E-state index contributed by atoms with van der Waals surface area (Å²) in [4.78, 5) is 41.5. The largest absolute Gasteiger partial charge is 0.502 e. The standard InChI is InChI=1S/C25H29N2O6/c1-31-18-11-9-16(10-12-18)21(28)15-26-20-14-23(33-3)22(32-2)13-19(20)24(29)27(25(26)30)17-7-5-4-6-8-17/h9-14,17,22H,4-8,15H2,1-3H3/q+1. The maximum absolute atomic E-state index is 13.6. The minimum Gasteiger partial charge on any atom is -0.498 e. The summed E-state index contributed by atoms with van der Waals surface area (Å²) in [5.41, 5.74) is 1.18. The van der Waals surface area contributed by atoms with Crippen LogP contribution in [0.25, 0.3) is 0 Å². The lowest BCUT2D eigenvalue weighted by atomic mass is 9.91. The average molecular weight is 454 g/mol. The van der Waals surface area contributed by atoms with Crippen LogP contribution in [0.15, 0.2) is 47.7 Å². The molecule has 3 aliphatic rings. The third-order valence-corrected chi connectivity index (χ3v) is 6.47. The molecule has 8 nitrogen and oxygen atoms in total. The van der Waals surface area contributed by atoms with Gasteiger partial charge in [-0.2, -0.15) is 14.3 Å². The number of rotatable bonds is 7. The molecule has 1 unspecified atom stereocenters. The van der Waals surface area contributed by atoms with Gasteiger partial charge in [-0.05, 0) is 56.0 Å². The van der Waals surface area contributed by atoms with E-state index < -0.39 is 12.1 Å². The summed E-state index contributed by atoms with van der Waals surface area (Å²) in [6, 6.07) is 6.10. The molecule has 0 N–H and O–H groups in total. The van der Waals surface area contributed by atoms with E-state index in [0.29, 0.717) is 28.4 Å². The Morgan fingerprint density at radius 1 is 1.03 bits per heavy atom. The van der Waals surface area contributed by atoms with Gasteiger partial charge in [-0.15, -0.1) is 0 Å². The second-order valence-corrected chi connectivity index (χ2v) is 8.36. The Hall–Kier alpha value is -3.26. The summed E-state index contributed by atoms with van der Waals surface area (Å²) in [5.74, 6) is 0.519. The van der Waals surface area contributed by atoms with Crippen molar-refractivity contribution in [3.63, 3.8) is 0 Å². The first-order valence-corrected chi connectivity index (χ1v) is 11.2. The quantitative estimate of drug-likeness (QED) is 0.466. The summed E-state index contributed by atoms with van der Waals surface area (Å²) < 4.78 is 17.4. The molecule has 1 fully saturated rings. The summed E-state index contributed by atoms with van der Waals surface area (Å²) >= 11 is 0. The molecule has 174 valence electrons. The predicted molar refractivity (Wildman–Crippen MR) is 121 cm³/mol. The molecule has 2 aliphatic carbocycles. The number of methoxy groups -OCH3 is 3. The van der Waals surface area contributed by atoms with Gasteiger partial charge in [-0.3, -0.25) is 4.79 Å². The van der Waals surface area contributed by atoms with Crippen LogP contribution in [0, 0.1) is 0 Å². The van der Waals surface area contributed by atoms with Crippen molar-refractivity contribution >= 4 is 23.4 Å². The fourth-order valence-electron chi connectivity index (χ4n) is 4.65.